The average Bonchev–Trinajstić information content (AvgIpc) is 3.14. The second-order valence-electron chi connectivity index (χ2n) is 5.93. The van der Waals surface area contributed by atoms with Gasteiger partial charge in [-0.3, -0.25) is 14.9 Å². The van der Waals surface area contributed by atoms with Crippen molar-refractivity contribution < 1.29 is 15.0 Å². The van der Waals surface area contributed by atoms with Crippen molar-refractivity contribution in [1.29, 1.82) is 5.26 Å². The topological polar surface area (TPSA) is 160 Å². The van der Waals surface area contributed by atoms with E-state index in [4.69, 9.17) is 22.6 Å². The molecule has 6 N–H and O–H groups in total. The number of nitriles is 1. The molecule has 1 amide bonds. The summed E-state index contributed by atoms with van der Waals surface area (Å²) in [6.07, 6.45) is 3.09. The number of carbonyl (C=O) groups excluding carboxylic acids is 1. The fourth-order valence-corrected chi connectivity index (χ4v) is 2.32. The van der Waals surface area contributed by atoms with Crippen LogP contribution in [0, 0.1) is 11.3 Å². The Labute approximate surface area is 166 Å². The quantitative estimate of drug-likeness (QED) is 0.262. The largest absolute Gasteiger partial charge is 0.398 e. The van der Waals surface area contributed by atoms with Gasteiger partial charge in [-0.25, -0.2) is 0 Å². The highest BCUT2D eigenvalue weighted by Crippen LogP contribution is 2.19. The summed E-state index contributed by atoms with van der Waals surface area (Å²) >= 11 is 5.97. The van der Waals surface area contributed by atoms with E-state index in [0.29, 0.717) is 28.4 Å². The lowest BCUT2D eigenvalue weighted by molar-refractivity contribution is -0.155. The van der Waals surface area contributed by atoms with Crippen LogP contribution in [0.3, 0.4) is 0 Å². The van der Waals surface area contributed by atoms with Crippen molar-refractivity contribution in [2.75, 3.05) is 13.1 Å². The van der Waals surface area contributed by atoms with Gasteiger partial charge < -0.3 is 21.3 Å². The predicted octanol–water partition coefficient (Wildman–Crippen LogP) is 0.892. The summed E-state index contributed by atoms with van der Waals surface area (Å²) in [5.74, 6) is -2.56. The van der Waals surface area contributed by atoms with E-state index in [2.05, 4.69) is 20.5 Å². The number of nitrogens with zero attached hydrogens (tertiary/aromatic N) is 3. The molecule has 0 aliphatic rings. The predicted molar refractivity (Wildman–Crippen MR) is 104 cm³/mol. The van der Waals surface area contributed by atoms with E-state index in [1.807, 2.05) is 6.07 Å². The molecule has 1 aromatic heterocycles. The van der Waals surface area contributed by atoms with Gasteiger partial charge in [-0.2, -0.15) is 10.4 Å². The van der Waals surface area contributed by atoms with Crippen molar-refractivity contribution >= 4 is 29.4 Å². The van der Waals surface area contributed by atoms with Gasteiger partial charge in [0.15, 0.2) is 0 Å². The molecule has 0 saturated heterocycles. The average molecular weight is 403 g/mol. The maximum absolute atomic E-state index is 11.9. The molecule has 1 heterocycles. The van der Waals surface area contributed by atoms with Gasteiger partial charge in [0.05, 0.1) is 22.8 Å². The minimum Gasteiger partial charge on any atom is -0.398 e. The molecule has 28 heavy (non-hydrogen) atoms. The molecule has 146 valence electrons. The standard InChI is InChI=1S/C18H19ClN6O3/c1-18(27,28)16-9-15(24-25-16)17(26)23-7-6-22-5-4-14(21)11-2-3-12(10-20)13(19)8-11/h2-5,8-9,27-28H,6-7,21H2,1H3,(H,23,26)(H,24,25). The molecule has 0 aliphatic carbocycles. The first-order valence-corrected chi connectivity index (χ1v) is 8.54. The smallest absolute Gasteiger partial charge is 0.271 e. The lowest BCUT2D eigenvalue weighted by Gasteiger charge is -2.11. The van der Waals surface area contributed by atoms with Crippen molar-refractivity contribution in [2.24, 2.45) is 10.7 Å². The van der Waals surface area contributed by atoms with Crippen LogP contribution in [0.25, 0.3) is 5.70 Å². The first kappa shape index (κ1) is 21.1. The SMILES string of the molecule is CC(O)(O)c1cc(C(=O)NCCN=CC=C(N)c2ccc(C#N)c(Cl)c2)n[nH]1. The number of aromatic amines is 1. The Morgan fingerprint density at radius 2 is 2.25 bits per heavy atom. The van der Waals surface area contributed by atoms with Crippen LogP contribution in [0.1, 0.15) is 34.2 Å². The summed E-state index contributed by atoms with van der Waals surface area (Å²) in [4.78, 5) is 16.0. The highest BCUT2D eigenvalue weighted by atomic mass is 35.5. The van der Waals surface area contributed by atoms with Crippen molar-refractivity contribution in [3.05, 3.63) is 57.9 Å². The molecular formula is C18H19ClN6O3. The van der Waals surface area contributed by atoms with E-state index in [9.17, 15) is 15.0 Å². The first-order chi connectivity index (χ1) is 13.2. The summed E-state index contributed by atoms with van der Waals surface area (Å²) in [5.41, 5.74) is 7.45. The summed E-state index contributed by atoms with van der Waals surface area (Å²) in [7, 11) is 0. The fraction of sp³-hybridized carbons (Fsp3) is 0.222. The van der Waals surface area contributed by atoms with Gasteiger partial charge in [0.25, 0.3) is 5.91 Å². The second-order valence-corrected chi connectivity index (χ2v) is 6.33. The van der Waals surface area contributed by atoms with Gasteiger partial charge in [-0.1, -0.05) is 17.7 Å². The molecular weight excluding hydrogens is 384 g/mol. The summed E-state index contributed by atoms with van der Waals surface area (Å²) in [6, 6.07) is 8.10. The first-order valence-electron chi connectivity index (χ1n) is 8.17. The third-order valence-corrected chi connectivity index (χ3v) is 3.94. The van der Waals surface area contributed by atoms with Gasteiger partial charge in [0.2, 0.25) is 5.79 Å². The second kappa shape index (κ2) is 9.14. The van der Waals surface area contributed by atoms with Crippen LogP contribution in [-0.4, -0.2) is 45.6 Å². The van der Waals surface area contributed by atoms with E-state index in [0.717, 1.165) is 6.92 Å². The lowest BCUT2D eigenvalue weighted by atomic mass is 10.1. The lowest BCUT2D eigenvalue weighted by Crippen LogP contribution is -2.26. The van der Waals surface area contributed by atoms with Gasteiger partial charge in [0.1, 0.15) is 11.8 Å². The number of hydrogen-bond acceptors (Lipinski definition) is 7. The van der Waals surface area contributed by atoms with Crippen molar-refractivity contribution in [2.45, 2.75) is 12.7 Å². The van der Waals surface area contributed by atoms with Crippen molar-refractivity contribution in [3.8, 4) is 6.07 Å². The number of aromatic nitrogens is 2. The molecule has 10 heteroatoms. The van der Waals surface area contributed by atoms with Crippen LogP contribution in [0.15, 0.2) is 35.3 Å². The number of rotatable bonds is 7. The molecule has 0 atom stereocenters. The Kier molecular flexibility index (Phi) is 6.89. The molecule has 0 bridgehead atoms. The number of nitrogens with two attached hydrogens (primary N) is 1. The summed E-state index contributed by atoms with van der Waals surface area (Å²) in [6.45, 7) is 1.71. The zero-order chi connectivity index (χ0) is 20.7. The zero-order valence-electron chi connectivity index (χ0n) is 15.0. The Morgan fingerprint density at radius 3 is 2.86 bits per heavy atom. The Bertz CT molecular complexity index is 953. The number of hydrogen-bond donors (Lipinski definition) is 5. The number of carbonyl (C=O) groups is 1. The number of allylic oxidation sites excluding steroid dienone is 1. The van der Waals surface area contributed by atoms with Crippen LogP contribution in [0.5, 0.6) is 0 Å². The minimum atomic E-state index is -2.10. The Balaban J connectivity index is 1.83. The number of H-pyrrole nitrogens is 1. The van der Waals surface area contributed by atoms with Crippen molar-refractivity contribution in [3.63, 3.8) is 0 Å². The highest BCUT2D eigenvalue weighted by Gasteiger charge is 2.23. The van der Waals surface area contributed by atoms with E-state index >= 15 is 0 Å². The third-order valence-electron chi connectivity index (χ3n) is 3.63. The van der Waals surface area contributed by atoms with Crippen molar-refractivity contribution in [1.82, 2.24) is 15.5 Å². The number of amides is 1. The molecule has 1 aromatic carbocycles. The highest BCUT2D eigenvalue weighted by molar-refractivity contribution is 6.31. The molecule has 0 aliphatic heterocycles. The number of benzene rings is 1. The third kappa shape index (κ3) is 5.65. The van der Waals surface area contributed by atoms with Crippen LogP contribution in [0.4, 0.5) is 0 Å². The monoisotopic (exact) mass is 402 g/mol. The van der Waals surface area contributed by atoms with Gasteiger partial charge in [-0.15, -0.1) is 0 Å². The normalized spacial score (nSPS) is 12.2. The fourth-order valence-electron chi connectivity index (χ4n) is 2.09. The van der Waals surface area contributed by atoms with Crippen LogP contribution in [-0.2, 0) is 5.79 Å². The molecule has 0 radical (unpaired) electrons. The number of nitrogens with one attached hydrogen (secondary N) is 2. The van der Waals surface area contributed by atoms with E-state index in [1.165, 1.54) is 12.3 Å². The Hall–Kier alpha value is -3.19. The zero-order valence-corrected chi connectivity index (χ0v) is 15.7. The molecule has 0 spiro atoms. The molecule has 9 nitrogen and oxygen atoms in total. The summed E-state index contributed by atoms with van der Waals surface area (Å²) < 4.78 is 0. The molecule has 2 aromatic rings. The van der Waals surface area contributed by atoms with Gasteiger partial charge in [0, 0.05) is 18.5 Å². The minimum absolute atomic E-state index is 0.0131. The maximum atomic E-state index is 11.9. The molecule has 2 rings (SSSR count). The van der Waals surface area contributed by atoms with E-state index in [1.54, 1.807) is 24.3 Å². The van der Waals surface area contributed by atoms with Crippen LogP contribution < -0.4 is 11.1 Å². The van der Waals surface area contributed by atoms with Crippen LogP contribution >= 0.6 is 11.6 Å². The van der Waals surface area contributed by atoms with Gasteiger partial charge >= 0.3 is 0 Å². The Morgan fingerprint density at radius 1 is 1.50 bits per heavy atom. The number of aliphatic hydroxyl groups is 2. The van der Waals surface area contributed by atoms with Crippen LogP contribution in [0.2, 0.25) is 5.02 Å². The van der Waals surface area contributed by atoms with Gasteiger partial charge in [-0.05, 0) is 36.8 Å². The van der Waals surface area contributed by atoms with E-state index < -0.39 is 11.7 Å². The number of halogens is 1. The number of aliphatic imine (C=N–C) groups is 1. The van der Waals surface area contributed by atoms with E-state index in [-0.39, 0.29) is 17.9 Å². The maximum Gasteiger partial charge on any atom is 0.271 e. The molecule has 0 fully saturated rings. The molecule has 0 unspecified atom stereocenters. The molecule has 0 saturated carbocycles. The summed E-state index contributed by atoms with van der Waals surface area (Å²) in [5, 5.41) is 36.7.